The van der Waals surface area contributed by atoms with Crippen molar-refractivity contribution >= 4 is 34.0 Å². The summed E-state index contributed by atoms with van der Waals surface area (Å²) in [6, 6.07) is 5.79. The lowest BCUT2D eigenvalue weighted by Crippen LogP contribution is -2.35. The summed E-state index contributed by atoms with van der Waals surface area (Å²) in [7, 11) is 0. The minimum Gasteiger partial charge on any atom is -0.343 e. The van der Waals surface area contributed by atoms with Gasteiger partial charge in [-0.2, -0.15) is 5.10 Å². The van der Waals surface area contributed by atoms with E-state index >= 15 is 0 Å². The van der Waals surface area contributed by atoms with Crippen LogP contribution in [0.5, 0.6) is 0 Å². The van der Waals surface area contributed by atoms with E-state index in [0.29, 0.717) is 11.4 Å². The number of H-pyrrole nitrogens is 1. The van der Waals surface area contributed by atoms with Crippen molar-refractivity contribution in [3.63, 3.8) is 0 Å². The summed E-state index contributed by atoms with van der Waals surface area (Å²) in [5.41, 5.74) is 2.92. The number of fused-ring (bicyclic) bond motifs is 1. The van der Waals surface area contributed by atoms with Crippen molar-refractivity contribution in [1.82, 2.24) is 20.4 Å². The van der Waals surface area contributed by atoms with E-state index in [-0.39, 0.29) is 11.8 Å². The molecule has 6 heteroatoms. The molecular weight excluding hydrogens is 324 g/mol. The molecule has 1 aromatic carbocycles. The Balaban J connectivity index is 1.84. The SMILES string of the molecule is CCN(CC)C(=O)C[C@@H]1C=C(c2[nH]nc3c(Cl)cccc23)CNC1. The van der Waals surface area contributed by atoms with Crippen LogP contribution in [-0.2, 0) is 4.79 Å². The number of carbonyl (C=O) groups is 1. The van der Waals surface area contributed by atoms with Crippen LogP contribution in [0.15, 0.2) is 24.3 Å². The lowest BCUT2D eigenvalue weighted by atomic mass is 9.95. The molecule has 0 saturated carbocycles. The highest BCUT2D eigenvalue weighted by Gasteiger charge is 2.21. The van der Waals surface area contributed by atoms with Gasteiger partial charge in [0, 0.05) is 38.0 Å². The molecule has 1 atom stereocenters. The number of nitrogens with zero attached hydrogens (tertiary/aromatic N) is 2. The van der Waals surface area contributed by atoms with Gasteiger partial charge in [-0.25, -0.2) is 0 Å². The number of carbonyl (C=O) groups excluding carboxylic acids is 1. The molecule has 0 fully saturated rings. The molecule has 0 unspecified atom stereocenters. The molecule has 2 aromatic rings. The molecule has 2 N–H and O–H groups in total. The Kier molecular flexibility index (Phi) is 5.21. The first-order valence-corrected chi connectivity index (χ1v) is 8.84. The molecule has 0 radical (unpaired) electrons. The van der Waals surface area contributed by atoms with E-state index in [4.69, 9.17) is 11.6 Å². The van der Waals surface area contributed by atoms with E-state index in [1.165, 1.54) is 0 Å². The molecule has 24 heavy (non-hydrogen) atoms. The Labute approximate surface area is 147 Å². The number of hydrogen-bond donors (Lipinski definition) is 2. The molecule has 1 aliphatic heterocycles. The predicted molar refractivity (Wildman–Crippen MR) is 98.0 cm³/mol. The molecule has 0 spiro atoms. The maximum absolute atomic E-state index is 12.4. The van der Waals surface area contributed by atoms with Gasteiger partial charge >= 0.3 is 0 Å². The van der Waals surface area contributed by atoms with E-state index in [0.717, 1.165) is 48.3 Å². The quantitative estimate of drug-likeness (QED) is 0.874. The molecule has 1 amide bonds. The summed E-state index contributed by atoms with van der Waals surface area (Å²) in [6.07, 6.45) is 2.73. The largest absolute Gasteiger partial charge is 0.343 e. The maximum Gasteiger partial charge on any atom is 0.223 e. The third kappa shape index (κ3) is 3.32. The van der Waals surface area contributed by atoms with Crippen molar-refractivity contribution in [1.29, 1.82) is 0 Å². The summed E-state index contributed by atoms with van der Waals surface area (Å²) in [6.45, 7) is 7.14. The fourth-order valence-electron chi connectivity index (χ4n) is 3.27. The fourth-order valence-corrected chi connectivity index (χ4v) is 3.49. The van der Waals surface area contributed by atoms with Crippen molar-refractivity contribution < 1.29 is 4.79 Å². The van der Waals surface area contributed by atoms with Crippen molar-refractivity contribution in [2.45, 2.75) is 20.3 Å². The van der Waals surface area contributed by atoms with Crippen LogP contribution in [0.2, 0.25) is 5.02 Å². The number of rotatable bonds is 5. The van der Waals surface area contributed by atoms with E-state index in [1.54, 1.807) is 0 Å². The van der Waals surface area contributed by atoms with Crippen molar-refractivity contribution in [3.8, 4) is 0 Å². The monoisotopic (exact) mass is 346 g/mol. The van der Waals surface area contributed by atoms with E-state index in [1.807, 2.05) is 36.9 Å². The average Bonchev–Trinajstić information content (AvgIpc) is 3.02. The number of halogens is 1. The van der Waals surface area contributed by atoms with Crippen LogP contribution in [0.3, 0.4) is 0 Å². The average molecular weight is 347 g/mol. The number of para-hydroxylation sites is 1. The van der Waals surface area contributed by atoms with Gasteiger partial charge in [-0.05, 0) is 31.4 Å². The third-order valence-electron chi connectivity index (χ3n) is 4.57. The van der Waals surface area contributed by atoms with E-state index < -0.39 is 0 Å². The minimum atomic E-state index is 0.194. The first-order chi connectivity index (χ1) is 11.6. The summed E-state index contributed by atoms with van der Waals surface area (Å²) >= 11 is 6.21. The summed E-state index contributed by atoms with van der Waals surface area (Å²) < 4.78 is 0. The molecular formula is C18H23ClN4O. The molecule has 0 bridgehead atoms. The fraction of sp³-hybridized carbons (Fsp3) is 0.444. The van der Waals surface area contributed by atoms with Gasteiger partial charge in [0.1, 0.15) is 5.52 Å². The first kappa shape index (κ1) is 17.0. The molecule has 1 aliphatic rings. The molecule has 5 nitrogen and oxygen atoms in total. The minimum absolute atomic E-state index is 0.194. The van der Waals surface area contributed by atoms with Gasteiger partial charge in [0.15, 0.2) is 0 Å². The Morgan fingerprint density at radius 1 is 1.38 bits per heavy atom. The van der Waals surface area contributed by atoms with Crippen LogP contribution in [0.4, 0.5) is 0 Å². The van der Waals surface area contributed by atoms with Crippen molar-refractivity contribution in [2.75, 3.05) is 26.2 Å². The van der Waals surface area contributed by atoms with E-state index in [2.05, 4.69) is 21.6 Å². The molecule has 0 aliphatic carbocycles. The second kappa shape index (κ2) is 7.36. The van der Waals surface area contributed by atoms with Crippen LogP contribution >= 0.6 is 11.6 Å². The van der Waals surface area contributed by atoms with Crippen LogP contribution in [0.25, 0.3) is 16.5 Å². The van der Waals surface area contributed by atoms with E-state index in [9.17, 15) is 4.79 Å². The Bertz CT molecular complexity index is 763. The topological polar surface area (TPSA) is 61.0 Å². The van der Waals surface area contributed by atoms with Gasteiger partial charge in [-0.1, -0.05) is 29.8 Å². The summed E-state index contributed by atoms with van der Waals surface area (Å²) in [4.78, 5) is 14.2. The lowest BCUT2D eigenvalue weighted by molar-refractivity contribution is -0.131. The van der Waals surface area contributed by atoms with Crippen LogP contribution in [-0.4, -0.2) is 47.2 Å². The summed E-state index contributed by atoms with van der Waals surface area (Å²) in [5, 5.41) is 12.5. The molecule has 128 valence electrons. The summed E-state index contributed by atoms with van der Waals surface area (Å²) in [5.74, 6) is 0.404. The Morgan fingerprint density at radius 3 is 2.92 bits per heavy atom. The zero-order valence-corrected chi connectivity index (χ0v) is 14.9. The zero-order chi connectivity index (χ0) is 17.1. The number of aromatic amines is 1. The van der Waals surface area contributed by atoms with Crippen LogP contribution < -0.4 is 5.32 Å². The van der Waals surface area contributed by atoms with Crippen LogP contribution in [0, 0.1) is 5.92 Å². The van der Waals surface area contributed by atoms with Gasteiger partial charge in [0.05, 0.1) is 10.7 Å². The smallest absolute Gasteiger partial charge is 0.223 e. The molecule has 2 heterocycles. The highest BCUT2D eigenvalue weighted by Crippen LogP contribution is 2.29. The zero-order valence-electron chi connectivity index (χ0n) is 14.1. The highest BCUT2D eigenvalue weighted by molar-refractivity contribution is 6.35. The van der Waals surface area contributed by atoms with Crippen molar-refractivity contribution in [3.05, 3.63) is 35.0 Å². The standard InChI is InChI=1S/C18H23ClN4O/c1-3-23(4-2)16(24)9-12-8-13(11-20-10-12)17-14-6-5-7-15(19)18(14)22-21-17/h5-8,12,20H,3-4,9-11H2,1-2H3,(H,21,22)/t12-/m0/s1. The first-order valence-electron chi connectivity index (χ1n) is 8.46. The van der Waals surface area contributed by atoms with Crippen LogP contribution in [0.1, 0.15) is 26.0 Å². The van der Waals surface area contributed by atoms with Gasteiger partial charge < -0.3 is 10.2 Å². The number of amides is 1. The van der Waals surface area contributed by atoms with Gasteiger partial charge in [0.2, 0.25) is 5.91 Å². The Hall–Kier alpha value is -1.85. The van der Waals surface area contributed by atoms with Crippen molar-refractivity contribution in [2.24, 2.45) is 5.92 Å². The Morgan fingerprint density at radius 2 is 2.17 bits per heavy atom. The van der Waals surface area contributed by atoms with Gasteiger partial charge in [-0.15, -0.1) is 0 Å². The molecule has 0 saturated heterocycles. The van der Waals surface area contributed by atoms with Gasteiger partial charge in [0.25, 0.3) is 0 Å². The number of benzene rings is 1. The predicted octanol–water partition coefficient (Wildman–Crippen LogP) is 3.08. The number of hydrogen-bond acceptors (Lipinski definition) is 3. The normalized spacial score (nSPS) is 17.8. The third-order valence-corrected chi connectivity index (χ3v) is 4.87. The van der Waals surface area contributed by atoms with Gasteiger partial charge in [-0.3, -0.25) is 9.89 Å². The number of aromatic nitrogens is 2. The molecule has 1 aromatic heterocycles. The lowest BCUT2D eigenvalue weighted by Gasteiger charge is -2.25. The second-order valence-electron chi connectivity index (χ2n) is 6.09. The molecule has 3 rings (SSSR count). The second-order valence-corrected chi connectivity index (χ2v) is 6.49. The maximum atomic E-state index is 12.4. The highest BCUT2D eigenvalue weighted by atomic mass is 35.5. The number of nitrogens with one attached hydrogen (secondary N) is 2.